The number of nitrogens with zero attached hydrogens (tertiary/aromatic N) is 3. The van der Waals surface area contributed by atoms with E-state index in [4.69, 9.17) is 10.1 Å². The maximum Gasteiger partial charge on any atom is 0.255 e. The van der Waals surface area contributed by atoms with E-state index in [0.29, 0.717) is 48.6 Å². The molecule has 2 amide bonds. The van der Waals surface area contributed by atoms with Gasteiger partial charge in [0.05, 0.1) is 36.4 Å². The van der Waals surface area contributed by atoms with Crippen LogP contribution < -0.4 is 10.6 Å². The van der Waals surface area contributed by atoms with Gasteiger partial charge in [-0.2, -0.15) is 0 Å². The number of nitrogens with one attached hydrogen (secondary N) is 3. The summed E-state index contributed by atoms with van der Waals surface area (Å²) in [5.74, 6) is -0.323. The van der Waals surface area contributed by atoms with Crippen molar-refractivity contribution in [2.45, 2.75) is 25.8 Å². The van der Waals surface area contributed by atoms with Gasteiger partial charge in [-0.1, -0.05) is 12.1 Å². The molecule has 1 aromatic heterocycles. The van der Waals surface area contributed by atoms with Gasteiger partial charge in [0, 0.05) is 55.4 Å². The first kappa shape index (κ1) is 21.6. The van der Waals surface area contributed by atoms with Crippen molar-refractivity contribution in [3.8, 4) is 0 Å². The van der Waals surface area contributed by atoms with Crippen LogP contribution in [0.4, 0.5) is 5.69 Å². The van der Waals surface area contributed by atoms with E-state index in [1.165, 1.54) is 18.7 Å². The molecule has 0 radical (unpaired) electrons. The number of hydrogen-bond acceptors (Lipinski definition) is 7. The van der Waals surface area contributed by atoms with Crippen LogP contribution in [0.3, 0.4) is 0 Å². The standard InChI is InChI=1S/C23H26N6O3/c1-15(30)29-7-5-21(27-18-6-8-32-13-18)20(12-29)22(24)16-3-2-4-17(9-16)23(31)28-19-10-25-14-26-11-19/h2-4,9-11,14,18,24,27H,5-8,12-13H2,1H3,(H,28,31). The van der Waals surface area contributed by atoms with Crippen molar-refractivity contribution in [1.29, 1.82) is 5.41 Å². The third kappa shape index (κ3) is 5.00. The molecule has 9 heteroatoms. The molecule has 32 heavy (non-hydrogen) atoms. The van der Waals surface area contributed by atoms with E-state index in [9.17, 15) is 9.59 Å². The molecule has 1 saturated heterocycles. The highest BCUT2D eigenvalue weighted by Crippen LogP contribution is 2.23. The summed E-state index contributed by atoms with van der Waals surface area (Å²) in [5, 5.41) is 15.2. The summed E-state index contributed by atoms with van der Waals surface area (Å²) in [7, 11) is 0. The molecule has 9 nitrogen and oxygen atoms in total. The number of hydrogen-bond donors (Lipinski definition) is 3. The van der Waals surface area contributed by atoms with Crippen molar-refractivity contribution in [2.24, 2.45) is 0 Å². The molecule has 1 aromatic carbocycles. The average molecular weight is 435 g/mol. The Morgan fingerprint density at radius 2 is 2.00 bits per heavy atom. The summed E-state index contributed by atoms with van der Waals surface area (Å²) >= 11 is 0. The number of benzene rings is 1. The molecule has 0 bridgehead atoms. The van der Waals surface area contributed by atoms with Crippen LogP contribution in [0.25, 0.3) is 0 Å². The van der Waals surface area contributed by atoms with Crippen molar-refractivity contribution < 1.29 is 14.3 Å². The summed E-state index contributed by atoms with van der Waals surface area (Å²) in [4.78, 5) is 34.2. The van der Waals surface area contributed by atoms with Crippen molar-refractivity contribution in [1.82, 2.24) is 20.2 Å². The van der Waals surface area contributed by atoms with Crippen LogP contribution in [0.15, 0.2) is 54.3 Å². The number of amides is 2. The van der Waals surface area contributed by atoms with Crippen LogP contribution in [-0.2, 0) is 9.53 Å². The lowest BCUT2D eigenvalue weighted by atomic mass is 9.94. The minimum Gasteiger partial charge on any atom is -0.383 e. The summed E-state index contributed by atoms with van der Waals surface area (Å²) in [6.45, 7) is 3.88. The number of anilines is 1. The van der Waals surface area contributed by atoms with E-state index in [1.54, 1.807) is 36.1 Å². The van der Waals surface area contributed by atoms with Crippen LogP contribution in [0.5, 0.6) is 0 Å². The zero-order valence-electron chi connectivity index (χ0n) is 17.9. The molecule has 2 aliphatic rings. The lowest BCUT2D eigenvalue weighted by Crippen LogP contribution is -2.42. The normalized spacial score (nSPS) is 18.4. The fourth-order valence-corrected chi connectivity index (χ4v) is 3.87. The molecule has 2 aromatic rings. The SMILES string of the molecule is CC(=O)N1CCC(NC2CCOC2)=C(C(=N)c2cccc(C(=O)Nc3cncnc3)c2)C1. The Morgan fingerprint density at radius 3 is 2.72 bits per heavy atom. The van der Waals surface area contributed by atoms with Crippen molar-refractivity contribution >= 4 is 23.2 Å². The molecule has 4 rings (SSSR count). The van der Waals surface area contributed by atoms with E-state index in [-0.39, 0.29) is 17.9 Å². The molecule has 0 saturated carbocycles. The van der Waals surface area contributed by atoms with Crippen LogP contribution in [0.1, 0.15) is 35.7 Å². The number of carbonyl (C=O) groups is 2. The second-order valence-corrected chi connectivity index (χ2v) is 7.89. The van der Waals surface area contributed by atoms with Gasteiger partial charge in [-0.3, -0.25) is 15.0 Å². The van der Waals surface area contributed by atoms with Gasteiger partial charge in [0.2, 0.25) is 5.91 Å². The molecule has 166 valence electrons. The minimum atomic E-state index is -0.307. The molecule has 3 N–H and O–H groups in total. The summed E-state index contributed by atoms with van der Waals surface area (Å²) in [5.41, 5.74) is 3.58. The Labute approximate surface area is 186 Å². The first-order valence-electron chi connectivity index (χ1n) is 10.6. The average Bonchev–Trinajstić information content (AvgIpc) is 3.32. The molecule has 1 unspecified atom stereocenters. The van der Waals surface area contributed by atoms with Crippen molar-refractivity contribution in [3.05, 3.63) is 65.4 Å². The Hall–Kier alpha value is -3.59. The van der Waals surface area contributed by atoms with Gasteiger partial charge in [-0.25, -0.2) is 9.97 Å². The van der Waals surface area contributed by atoms with Gasteiger partial charge in [0.1, 0.15) is 6.33 Å². The predicted molar refractivity (Wildman–Crippen MR) is 120 cm³/mol. The Morgan fingerprint density at radius 1 is 1.22 bits per heavy atom. The first-order chi connectivity index (χ1) is 15.5. The third-order valence-corrected chi connectivity index (χ3v) is 5.63. The lowest BCUT2D eigenvalue weighted by Gasteiger charge is -2.32. The van der Waals surface area contributed by atoms with Gasteiger partial charge in [0.25, 0.3) is 5.91 Å². The summed E-state index contributed by atoms with van der Waals surface area (Å²) < 4.78 is 5.47. The maximum absolute atomic E-state index is 12.7. The highest BCUT2D eigenvalue weighted by Gasteiger charge is 2.27. The first-order valence-corrected chi connectivity index (χ1v) is 10.6. The highest BCUT2D eigenvalue weighted by molar-refractivity contribution is 6.13. The van der Waals surface area contributed by atoms with Gasteiger partial charge < -0.3 is 20.3 Å². The predicted octanol–water partition coefficient (Wildman–Crippen LogP) is 1.98. The molecule has 3 heterocycles. The van der Waals surface area contributed by atoms with Crippen LogP contribution in [-0.4, -0.2) is 64.7 Å². The highest BCUT2D eigenvalue weighted by atomic mass is 16.5. The van der Waals surface area contributed by atoms with Gasteiger partial charge in [0.15, 0.2) is 0 Å². The van der Waals surface area contributed by atoms with E-state index in [1.807, 2.05) is 0 Å². The van der Waals surface area contributed by atoms with E-state index in [2.05, 4.69) is 20.6 Å². The van der Waals surface area contributed by atoms with E-state index in [0.717, 1.165) is 24.3 Å². The van der Waals surface area contributed by atoms with Crippen molar-refractivity contribution in [2.75, 3.05) is 31.6 Å². The Kier molecular flexibility index (Phi) is 6.55. The maximum atomic E-state index is 12.7. The molecule has 2 aliphatic heterocycles. The Bertz CT molecular complexity index is 1050. The molecule has 0 aliphatic carbocycles. The van der Waals surface area contributed by atoms with Crippen molar-refractivity contribution in [3.63, 3.8) is 0 Å². The monoisotopic (exact) mass is 434 g/mol. The zero-order valence-corrected chi connectivity index (χ0v) is 17.9. The van der Waals surface area contributed by atoms with Gasteiger partial charge in [-0.05, 0) is 18.6 Å². The lowest BCUT2D eigenvalue weighted by molar-refractivity contribution is -0.128. The smallest absolute Gasteiger partial charge is 0.255 e. The molecular weight excluding hydrogens is 408 g/mol. The van der Waals surface area contributed by atoms with E-state index >= 15 is 0 Å². The van der Waals surface area contributed by atoms with Gasteiger partial charge in [-0.15, -0.1) is 0 Å². The quantitative estimate of drug-likeness (QED) is 0.598. The molecule has 1 fully saturated rings. The molecule has 0 spiro atoms. The second kappa shape index (κ2) is 9.69. The topological polar surface area (TPSA) is 120 Å². The fourth-order valence-electron chi connectivity index (χ4n) is 3.87. The fraction of sp³-hybridized carbons (Fsp3) is 0.348. The number of ether oxygens (including phenoxy) is 1. The van der Waals surface area contributed by atoms with Crippen LogP contribution in [0, 0.1) is 5.41 Å². The largest absolute Gasteiger partial charge is 0.383 e. The summed E-state index contributed by atoms with van der Waals surface area (Å²) in [6.07, 6.45) is 6.00. The number of rotatable bonds is 6. The third-order valence-electron chi connectivity index (χ3n) is 5.63. The molecule has 1 atom stereocenters. The number of aromatic nitrogens is 2. The summed E-state index contributed by atoms with van der Waals surface area (Å²) in [6, 6.07) is 7.16. The second-order valence-electron chi connectivity index (χ2n) is 7.89. The van der Waals surface area contributed by atoms with Crippen LogP contribution >= 0.6 is 0 Å². The Balaban J connectivity index is 1.58. The zero-order chi connectivity index (χ0) is 22.5. The van der Waals surface area contributed by atoms with E-state index < -0.39 is 0 Å². The van der Waals surface area contributed by atoms with Gasteiger partial charge >= 0.3 is 0 Å². The minimum absolute atomic E-state index is 0.0169. The van der Waals surface area contributed by atoms with Crippen LogP contribution in [0.2, 0.25) is 0 Å². The number of carbonyl (C=O) groups excluding carboxylic acids is 2. The molecular formula is C23H26N6O3.